The van der Waals surface area contributed by atoms with Gasteiger partial charge in [-0.25, -0.2) is 14.3 Å². The maximum absolute atomic E-state index is 11.9. The first-order valence-corrected chi connectivity index (χ1v) is 7.49. The van der Waals surface area contributed by atoms with Crippen molar-refractivity contribution in [2.75, 3.05) is 26.6 Å². The zero-order valence-electron chi connectivity index (χ0n) is 14.4. The summed E-state index contributed by atoms with van der Waals surface area (Å²) in [6, 6.07) is 5.45. The second-order valence-electron chi connectivity index (χ2n) is 5.26. The Morgan fingerprint density at radius 3 is 2.60 bits per heavy atom. The molecule has 0 atom stereocenters. The van der Waals surface area contributed by atoms with Crippen molar-refractivity contribution >= 4 is 23.0 Å². The molecule has 0 radical (unpaired) electrons. The summed E-state index contributed by atoms with van der Waals surface area (Å²) in [5, 5.41) is 7.38. The molecule has 8 nitrogen and oxygen atoms in total. The SMILES string of the molecule is COC(=O)c1cn2ncnc(Nc3ccc(OC)c(OC)c3)c2c1C. The van der Waals surface area contributed by atoms with Crippen molar-refractivity contribution in [1.82, 2.24) is 14.6 Å². The number of hydrogen-bond acceptors (Lipinski definition) is 7. The van der Waals surface area contributed by atoms with Crippen LogP contribution in [0.15, 0.2) is 30.7 Å². The number of carbonyl (C=O) groups excluding carboxylic acids is 1. The summed E-state index contributed by atoms with van der Waals surface area (Å²) in [7, 11) is 4.50. The number of aryl methyl sites for hydroxylation is 1. The number of aromatic nitrogens is 3. The lowest BCUT2D eigenvalue weighted by Crippen LogP contribution is -2.01. The van der Waals surface area contributed by atoms with Gasteiger partial charge in [0.25, 0.3) is 0 Å². The standard InChI is InChI=1S/C17H18N4O4/c1-10-12(17(22)25-4)8-21-15(10)16(18-9-19-21)20-11-5-6-13(23-2)14(7-11)24-3/h5-9H,1-4H3,(H,18,19,20). The molecule has 8 heteroatoms. The van der Waals surface area contributed by atoms with Crippen LogP contribution in [0, 0.1) is 6.92 Å². The molecule has 0 spiro atoms. The number of nitrogens with one attached hydrogen (secondary N) is 1. The maximum Gasteiger partial charge on any atom is 0.339 e. The summed E-state index contributed by atoms with van der Waals surface area (Å²) < 4.78 is 17.0. The van der Waals surface area contributed by atoms with E-state index >= 15 is 0 Å². The van der Waals surface area contributed by atoms with Crippen LogP contribution in [0.2, 0.25) is 0 Å². The second-order valence-corrected chi connectivity index (χ2v) is 5.26. The van der Waals surface area contributed by atoms with Gasteiger partial charge in [-0.05, 0) is 24.6 Å². The van der Waals surface area contributed by atoms with Crippen molar-refractivity contribution in [2.45, 2.75) is 6.92 Å². The van der Waals surface area contributed by atoms with Crippen LogP contribution in [-0.4, -0.2) is 41.9 Å². The summed E-state index contributed by atoms with van der Waals surface area (Å²) in [6.45, 7) is 1.82. The van der Waals surface area contributed by atoms with Gasteiger partial charge in [-0.3, -0.25) is 0 Å². The predicted molar refractivity (Wildman–Crippen MR) is 91.9 cm³/mol. The average Bonchev–Trinajstić information content (AvgIpc) is 2.98. The van der Waals surface area contributed by atoms with Crippen molar-refractivity contribution in [1.29, 1.82) is 0 Å². The minimum Gasteiger partial charge on any atom is -0.493 e. The van der Waals surface area contributed by atoms with Crippen molar-refractivity contribution in [3.63, 3.8) is 0 Å². The number of hydrogen-bond donors (Lipinski definition) is 1. The third kappa shape index (κ3) is 2.93. The van der Waals surface area contributed by atoms with E-state index in [4.69, 9.17) is 14.2 Å². The highest BCUT2D eigenvalue weighted by molar-refractivity contribution is 5.95. The second kappa shape index (κ2) is 6.68. The molecule has 0 fully saturated rings. The molecule has 25 heavy (non-hydrogen) atoms. The number of carbonyl (C=O) groups is 1. The molecule has 0 aliphatic rings. The lowest BCUT2D eigenvalue weighted by molar-refractivity contribution is 0.0600. The smallest absolute Gasteiger partial charge is 0.339 e. The van der Waals surface area contributed by atoms with Gasteiger partial charge < -0.3 is 19.5 Å². The van der Waals surface area contributed by atoms with E-state index in [0.717, 1.165) is 11.3 Å². The van der Waals surface area contributed by atoms with Gasteiger partial charge in [0.15, 0.2) is 17.3 Å². The van der Waals surface area contributed by atoms with Gasteiger partial charge in [0, 0.05) is 18.0 Å². The van der Waals surface area contributed by atoms with Crippen molar-refractivity contribution in [3.8, 4) is 11.5 Å². The molecule has 3 aromatic rings. The Balaban J connectivity index is 2.05. The van der Waals surface area contributed by atoms with Gasteiger partial charge in [0.1, 0.15) is 11.8 Å². The first-order valence-electron chi connectivity index (χ1n) is 7.49. The Bertz CT molecular complexity index is 936. The zero-order chi connectivity index (χ0) is 18.0. The number of esters is 1. The normalized spacial score (nSPS) is 10.6. The number of rotatable bonds is 5. The van der Waals surface area contributed by atoms with Crippen LogP contribution in [0.1, 0.15) is 15.9 Å². The first kappa shape index (κ1) is 16.6. The van der Waals surface area contributed by atoms with E-state index in [2.05, 4.69) is 15.4 Å². The average molecular weight is 342 g/mol. The van der Waals surface area contributed by atoms with Crippen molar-refractivity contribution in [2.24, 2.45) is 0 Å². The van der Waals surface area contributed by atoms with Gasteiger partial charge in [-0.2, -0.15) is 5.10 Å². The summed E-state index contributed by atoms with van der Waals surface area (Å²) >= 11 is 0. The van der Waals surface area contributed by atoms with Crippen molar-refractivity contribution < 1.29 is 19.0 Å². The molecule has 3 rings (SSSR count). The lowest BCUT2D eigenvalue weighted by Gasteiger charge is -2.11. The summed E-state index contributed by atoms with van der Waals surface area (Å²) in [4.78, 5) is 16.2. The fourth-order valence-electron chi connectivity index (χ4n) is 2.62. The van der Waals surface area contributed by atoms with E-state index in [1.54, 1.807) is 37.1 Å². The Labute approximate surface area is 144 Å². The molecule has 0 saturated heterocycles. The summed E-state index contributed by atoms with van der Waals surface area (Å²) in [6.07, 6.45) is 3.04. The molecule has 0 aliphatic heterocycles. The minimum atomic E-state index is -0.417. The number of anilines is 2. The highest BCUT2D eigenvalue weighted by Crippen LogP contribution is 2.32. The van der Waals surface area contributed by atoms with Crippen LogP contribution in [0.3, 0.4) is 0 Å². The minimum absolute atomic E-state index is 0.417. The van der Waals surface area contributed by atoms with Crippen LogP contribution in [0.25, 0.3) is 5.52 Å². The fraction of sp³-hybridized carbons (Fsp3) is 0.235. The first-order chi connectivity index (χ1) is 12.1. The molecular weight excluding hydrogens is 324 g/mol. The van der Waals surface area contributed by atoms with E-state index in [9.17, 15) is 4.79 Å². The van der Waals surface area contributed by atoms with E-state index in [1.807, 2.05) is 13.0 Å². The molecular formula is C17H18N4O4. The fourth-order valence-corrected chi connectivity index (χ4v) is 2.62. The number of fused-ring (bicyclic) bond motifs is 1. The third-order valence-corrected chi connectivity index (χ3v) is 3.88. The molecule has 2 aromatic heterocycles. The molecule has 1 aromatic carbocycles. The number of benzene rings is 1. The maximum atomic E-state index is 11.9. The van der Waals surface area contributed by atoms with E-state index in [0.29, 0.717) is 28.4 Å². The lowest BCUT2D eigenvalue weighted by atomic mass is 10.2. The van der Waals surface area contributed by atoms with Gasteiger partial charge >= 0.3 is 5.97 Å². The van der Waals surface area contributed by atoms with Crippen LogP contribution < -0.4 is 14.8 Å². The molecule has 0 aliphatic carbocycles. The molecule has 130 valence electrons. The highest BCUT2D eigenvalue weighted by Gasteiger charge is 2.18. The van der Waals surface area contributed by atoms with Gasteiger partial charge in [-0.1, -0.05) is 0 Å². The monoisotopic (exact) mass is 342 g/mol. The van der Waals surface area contributed by atoms with E-state index in [-0.39, 0.29) is 0 Å². The largest absolute Gasteiger partial charge is 0.493 e. The van der Waals surface area contributed by atoms with Gasteiger partial charge in [0.05, 0.1) is 26.9 Å². The molecule has 2 heterocycles. The quantitative estimate of drug-likeness (QED) is 0.713. The molecule has 1 N–H and O–H groups in total. The molecule has 0 unspecified atom stereocenters. The van der Waals surface area contributed by atoms with E-state index < -0.39 is 5.97 Å². The van der Waals surface area contributed by atoms with E-state index in [1.165, 1.54) is 13.4 Å². The van der Waals surface area contributed by atoms with Crippen LogP contribution in [0.5, 0.6) is 11.5 Å². The van der Waals surface area contributed by atoms with Crippen LogP contribution >= 0.6 is 0 Å². The Hall–Kier alpha value is -3.29. The summed E-state index contributed by atoms with van der Waals surface area (Å²) in [5.41, 5.74) is 2.63. The Morgan fingerprint density at radius 1 is 1.16 bits per heavy atom. The molecule has 0 saturated carbocycles. The van der Waals surface area contributed by atoms with Crippen molar-refractivity contribution in [3.05, 3.63) is 41.9 Å². The zero-order valence-corrected chi connectivity index (χ0v) is 14.4. The van der Waals surface area contributed by atoms with Gasteiger partial charge in [-0.15, -0.1) is 0 Å². The number of ether oxygens (including phenoxy) is 3. The highest BCUT2D eigenvalue weighted by atomic mass is 16.5. The number of methoxy groups -OCH3 is 3. The topological polar surface area (TPSA) is 87.0 Å². The Morgan fingerprint density at radius 2 is 1.92 bits per heavy atom. The van der Waals surface area contributed by atoms with Gasteiger partial charge in [0.2, 0.25) is 0 Å². The molecule has 0 bridgehead atoms. The predicted octanol–water partition coefficient (Wildman–Crippen LogP) is 2.59. The summed E-state index contributed by atoms with van der Waals surface area (Å²) in [5.74, 6) is 1.38. The Kier molecular flexibility index (Phi) is 4.42. The van der Waals surface area contributed by atoms with Crippen LogP contribution in [-0.2, 0) is 4.74 Å². The number of nitrogens with zero attached hydrogens (tertiary/aromatic N) is 3. The van der Waals surface area contributed by atoms with Crippen LogP contribution in [0.4, 0.5) is 11.5 Å². The molecule has 0 amide bonds. The third-order valence-electron chi connectivity index (χ3n) is 3.88.